The molecule has 6 heteroatoms. The second kappa shape index (κ2) is 6.41. The maximum Gasteiger partial charge on any atom is 0.259 e. The highest BCUT2D eigenvalue weighted by Crippen LogP contribution is 2.23. The van der Waals surface area contributed by atoms with Gasteiger partial charge < -0.3 is 4.90 Å². The lowest BCUT2D eigenvalue weighted by Crippen LogP contribution is -2.31. The first kappa shape index (κ1) is 14.8. The van der Waals surface area contributed by atoms with Crippen LogP contribution in [-0.2, 0) is 13.0 Å². The van der Waals surface area contributed by atoms with Gasteiger partial charge in [0.1, 0.15) is 5.82 Å². The molecule has 1 N–H and O–H groups in total. The molecule has 0 saturated heterocycles. The number of hydrogen-bond acceptors (Lipinski definition) is 5. The molecule has 0 radical (unpaired) electrons. The number of fused-ring (bicyclic) bond motifs is 1. The lowest BCUT2D eigenvalue weighted by atomic mass is 10.00. The Labute approximate surface area is 144 Å². The molecule has 0 fully saturated rings. The van der Waals surface area contributed by atoms with E-state index in [1.54, 1.807) is 12.4 Å². The van der Waals surface area contributed by atoms with Crippen LogP contribution in [-0.4, -0.2) is 22.4 Å². The molecule has 120 valence electrons. The Hall–Kier alpha value is -2.73. The molecule has 1 amide bonds. The number of carbonyl (C=O) groups is 1. The Morgan fingerprint density at radius 3 is 2.75 bits per heavy atom. The monoisotopic (exact) mass is 336 g/mol. The molecule has 0 atom stereocenters. The van der Waals surface area contributed by atoms with Gasteiger partial charge in [-0.2, -0.15) is 0 Å². The van der Waals surface area contributed by atoms with Crippen LogP contribution in [0.15, 0.2) is 54.2 Å². The fourth-order valence-electron chi connectivity index (χ4n) is 2.85. The number of rotatable bonds is 3. The lowest BCUT2D eigenvalue weighted by Gasteiger charge is -2.29. The van der Waals surface area contributed by atoms with Crippen molar-refractivity contribution in [3.05, 3.63) is 70.9 Å². The molecule has 24 heavy (non-hydrogen) atoms. The van der Waals surface area contributed by atoms with Gasteiger partial charge in [0.05, 0.1) is 5.56 Å². The van der Waals surface area contributed by atoms with E-state index in [1.165, 1.54) is 22.5 Å². The van der Waals surface area contributed by atoms with Crippen LogP contribution in [0.25, 0.3) is 0 Å². The molecular weight excluding hydrogens is 320 g/mol. The predicted octanol–water partition coefficient (Wildman–Crippen LogP) is 3.35. The van der Waals surface area contributed by atoms with E-state index in [4.69, 9.17) is 0 Å². The van der Waals surface area contributed by atoms with E-state index in [2.05, 4.69) is 44.5 Å². The van der Waals surface area contributed by atoms with Gasteiger partial charge in [0, 0.05) is 30.9 Å². The average Bonchev–Trinajstić information content (AvgIpc) is 3.14. The Bertz CT molecular complexity index is 846. The summed E-state index contributed by atoms with van der Waals surface area (Å²) >= 11 is 1.39. The zero-order valence-electron chi connectivity index (χ0n) is 13.0. The number of benzene rings is 1. The van der Waals surface area contributed by atoms with Crippen molar-refractivity contribution in [3.8, 4) is 0 Å². The Kier molecular flexibility index (Phi) is 3.96. The Balaban J connectivity index is 1.47. The molecule has 0 saturated carbocycles. The van der Waals surface area contributed by atoms with Gasteiger partial charge in [0.25, 0.3) is 5.91 Å². The van der Waals surface area contributed by atoms with Crippen molar-refractivity contribution in [1.29, 1.82) is 0 Å². The van der Waals surface area contributed by atoms with Gasteiger partial charge in [-0.25, -0.2) is 9.97 Å². The minimum atomic E-state index is -0.187. The highest BCUT2D eigenvalue weighted by atomic mass is 32.1. The zero-order chi connectivity index (χ0) is 16.4. The number of amides is 1. The smallest absolute Gasteiger partial charge is 0.259 e. The number of anilines is 2. The third-order valence-electron chi connectivity index (χ3n) is 4.12. The third-order valence-corrected chi connectivity index (χ3v) is 4.81. The van der Waals surface area contributed by atoms with E-state index in [0.29, 0.717) is 10.7 Å². The number of pyridine rings is 1. The highest BCUT2D eigenvalue weighted by molar-refractivity contribution is 7.13. The minimum absolute atomic E-state index is 0.187. The largest absolute Gasteiger partial charge is 0.352 e. The van der Waals surface area contributed by atoms with Gasteiger partial charge in [0.2, 0.25) is 0 Å². The second-order valence-corrected chi connectivity index (χ2v) is 6.53. The number of aromatic nitrogens is 2. The van der Waals surface area contributed by atoms with E-state index >= 15 is 0 Å². The topological polar surface area (TPSA) is 58.1 Å². The quantitative estimate of drug-likeness (QED) is 0.797. The fraction of sp³-hybridized carbons (Fsp3) is 0.167. The van der Waals surface area contributed by atoms with Crippen molar-refractivity contribution in [3.63, 3.8) is 0 Å². The molecule has 1 aliphatic rings. The summed E-state index contributed by atoms with van der Waals surface area (Å²) in [7, 11) is 0. The molecule has 1 aromatic carbocycles. The zero-order valence-corrected chi connectivity index (χ0v) is 13.8. The third kappa shape index (κ3) is 3.00. The van der Waals surface area contributed by atoms with Crippen LogP contribution in [0.5, 0.6) is 0 Å². The van der Waals surface area contributed by atoms with Gasteiger partial charge in [0.15, 0.2) is 5.13 Å². The van der Waals surface area contributed by atoms with Crippen molar-refractivity contribution in [2.24, 2.45) is 0 Å². The minimum Gasteiger partial charge on any atom is -0.352 e. The first-order valence-electron chi connectivity index (χ1n) is 7.78. The summed E-state index contributed by atoms with van der Waals surface area (Å²) in [5.41, 5.74) is 3.29. The molecule has 1 aliphatic heterocycles. The van der Waals surface area contributed by atoms with Crippen LogP contribution in [0.4, 0.5) is 10.9 Å². The van der Waals surface area contributed by atoms with Crippen LogP contribution in [0.3, 0.4) is 0 Å². The number of thiazole rings is 1. The van der Waals surface area contributed by atoms with Crippen molar-refractivity contribution in [2.45, 2.75) is 13.0 Å². The molecule has 0 aliphatic carbocycles. The molecule has 0 bridgehead atoms. The van der Waals surface area contributed by atoms with Crippen LogP contribution in [0.1, 0.15) is 21.5 Å². The normalized spacial score (nSPS) is 13.4. The number of carbonyl (C=O) groups excluding carboxylic acids is 1. The fourth-order valence-corrected chi connectivity index (χ4v) is 3.38. The predicted molar refractivity (Wildman–Crippen MR) is 95.5 cm³/mol. The van der Waals surface area contributed by atoms with Crippen LogP contribution >= 0.6 is 11.3 Å². The van der Waals surface area contributed by atoms with Gasteiger partial charge in [-0.15, -0.1) is 11.3 Å². The maximum absolute atomic E-state index is 12.2. The maximum atomic E-state index is 12.2. The molecule has 4 rings (SSSR count). The van der Waals surface area contributed by atoms with E-state index in [-0.39, 0.29) is 5.91 Å². The van der Waals surface area contributed by atoms with Gasteiger partial charge in [-0.1, -0.05) is 24.3 Å². The average molecular weight is 336 g/mol. The number of hydrogen-bond donors (Lipinski definition) is 1. The lowest BCUT2D eigenvalue weighted by molar-refractivity contribution is 0.102. The second-order valence-electron chi connectivity index (χ2n) is 5.64. The summed E-state index contributed by atoms with van der Waals surface area (Å²) < 4.78 is 0. The summed E-state index contributed by atoms with van der Waals surface area (Å²) in [4.78, 5) is 22.9. The number of nitrogens with one attached hydrogen (secondary N) is 1. The number of nitrogens with zero attached hydrogens (tertiary/aromatic N) is 3. The molecule has 3 heterocycles. The Morgan fingerprint density at radius 2 is 2.00 bits per heavy atom. The highest BCUT2D eigenvalue weighted by Gasteiger charge is 2.17. The van der Waals surface area contributed by atoms with Crippen LogP contribution < -0.4 is 10.2 Å². The van der Waals surface area contributed by atoms with Crippen LogP contribution in [0, 0.1) is 0 Å². The van der Waals surface area contributed by atoms with Crippen LogP contribution in [0.2, 0.25) is 0 Å². The molecule has 0 unspecified atom stereocenters. The summed E-state index contributed by atoms with van der Waals surface area (Å²) in [6, 6.07) is 12.2. The molecular formula is C18H16N4OS. The first-order chi connectivity index (χ1) is 11.8. The SMILES string of the molecule is O=C(Nc1nccs1)c1ccc(N2CCc3ccccc3C2)nc1. The van der Waals surface area contributed by atoms with E-state index in [1.807, 2.05) is 17.5 Å². The van der Waals surface area contributed by atoms with E-state index in [9.17, 15) is 4.79 Å². The molecule has 3 aromatic rings. The molecule has 5 nitrogen and oxygen atoms in total. The summed E-state index contributed by atoms with van der Waals surface area (Å²) in [5.74, 6) is 0.711. The summed E-state index contributed by atoms with van der Waals surface area (Å²) in [6.07, 6.45) is 4.30. The van der Waals surface area contributed by atoms with Crippen molar-refractivity contribution >= 4 is 28.2 Å². The van der Waals surface area contributed by atoms with Crippen molar-refractivity contribution in [2.75, 3.05) is 16.8 Å². The van der Waals surface area contributed by atoms with Gasteiger partial charge in [-0.05, 0) is 29.7 Å². The molecule has 2 aromatic heterocycles. The van der Waals surface area contributed by atoms with E-state index < -0.39 is 0 Å². The van der Waals surface area contributed by atoms with E-state index in [0.717, 1.165) is 25.3 Å². The standard InChI is InChI=1S/C18H16N4OS/c23-17(21-18-19-8-10-24-18)14-5-6-16(20-11-14)22-9-7-13-3-1-2-4-15(13)12-22/h1-6,8,10-11H,7,9,12H2,(H,19,21,23). The van der Waals surface area contributed by atoms with Gasteiger partial charge >= 0.3 is 0 Å². The first-order valence-corrected chi connectivity index (χ1v) is 8.66. The van der Waals surface area contributed by atoms with Crippen molar-refractivity contribution < 1.29 is 4.79 Å². The van der Waals surface area contributed by atoms with Gasteiger partial charge in [-0.3, -0.25) is 10.1 Å². The Morgan fingerprint density at radius 1 is 1.12 bits per heavy atom. The molecule has 0 spiro atoms. The summed E-state index contributed by atoms with van der Waals surface area (Å²) in [6.45, 7) is 1.79. The van der Waals surface area contributed by atoms with Crippen molar-refractivity contribution in [1.82, 2.24) is 9.97 Å². The summed E-state index contributed by atoms with van der Waals surface area (Å²) in [5, 5.41) is 5.18.